The summed E-state index contributed by atoms with van der Waals surface area (Å²) >= 11 is 10.8. The molecule has 5 nitrogen and oxygen atoms in total. The molecule has 118 valence electrons. The van der Waals surface area contributed by atoms with Crippen molar-refractivity contribution in [3.05, 3.63) is 42.2 Å². The molecule has 0 spiro atoms. The van der Waals surface area contributed by atoms with Gasteiger partial charge in [-0.2, -0.15) is 5.10 Å². The number of carbonyl (C=O) groups is 1. The van der Waals surface area contributed by atoms with Gasteiger partial charge in [-0.1, -0.05) is 47.5 Å². The summed E-state index contributed by atoms with van der Waals surface area (Å²) in [5, 5.41) is 19.0. The van der Waals surface area contributed by atoms with Gasteiger partial charge in [-0.05, 0) is 11.1 Å². The number of benzene rings is 1. The molecule has 0 aliphatic rings. The molecule has 2 aromatic rings. The van der Waals surface area contributed by atoms with Gasteiger partial charge in [-0.3, -0.25) is 9.89 Å². The lowest BCUT2D eigenvalue weighted by atomic mass is 10.00. The van der Waals surface area contributed by atoms with E-state index in [1.54, 1.807) is 36.7 Å². The maximum atomic E-state index is 13.0. The number of hydrogen-bond acceptors (Lipinski definition) is 3. The number of aromatic nitrogens is 2. The minimum Gasteiger partial charge on any atom is -0.386 e. The first-order valence-electron chi connectivity index (χ1n) is 6.44. The van der Waals surface area contributed by atoms with Crippen LogP contribution < -0.4 is 5.32 Å². The van der Waals surface area contributed by atoms with Crippen LogP contribution in [0.1, 0.15) is 11.7 Å². The van der Waals surface area contributed by atoms with Crippen LogP contribution >= 0.6 is 23.2 Å². The van der Waals surface area contributed by atoms with E-state index in [0.29, 0.717) is 5.56 Å². The Morgan fingerprint density at radius 3 is 2.50 bits per heavy atom. The molecule has 0 saturated carbocycles. The van der Waals surface area contributed by atoms with Gasteiger partial charge < -0.3 is 10.4 Å². The van der Waals surface area contributed by atoms with Crippen molar-refractivity contribution in [2.45, 2.75) is 17.0 Å². The van der Waals surface area contributed by atoms with E-state index in [1.165, 1.54) is 0 Å². The standard InChI is InChI=1S/C14H14Cl2FN3O2/c15-13(16)14(22)20-11(5-17)12(21)9-3-1-8(2-4-9)10-6-18-19-7-10/h1-4,6-7,11-13,21H,5H2,(H,18,19)(H,20,22)/t11-,12-/m1/s1. The third-order valence-electron chi connectivity index (χ3n) is 3.16. The summed E-state index contributed by atoms with van der Waals surface area (Å²) in [6, 6.07) is 5.73. The van der Waals surface area contributed by atoms with E-state index in [-0.39, 0.29) is 0 Å². The normalized spacial score (nSPS) is 13.9. The van der Waals surface area contributed by atoms with Crippen LogP contribution in [0.5, 0.6) is 0 Å². The molecular weight excluding hydrogens is 332 g/mol. The molecule has 1 aromatic carbocycles. The zero-order valence-electron chi connectivity index (χ0n) is 11.3. The molecule has 1 aromatic heterocycles. The monoisotopic (exact) mass is 345 g/mol. The third-order valence-corrected chi connectivity index (χ3v) is 3.55. The highest BCUT2D eigenvalue weighted by atomic mass is 35.5. The number of nitrogens with zero attached hydrogens (tertiary/aromatic N) is 1. The SMILES string of the molecule is O=C(N[C@H](CF)[C@H](O)c1ccc(-c2cn[nH]c2)cc1)C(Cl)Cl. The van der Waals surface area contributed by atoms with E-state index in [9.17, 15) is 14.3 Å². The predicted octanol–water partition coefficient (Wildman–Crippen LogP) is 2.37. The minimum atomic E-state index is -1.32. The third kappa shape index (κ3) is 3.97. The Morgan fingerprint density at radius 1 is 1.32 bits per heavy atom. The van der Waals surface area contributed by atoms with Crippen molar-refractivity contribution in [2.75, 3.05) is 6.67 Å². The number of carbonyl (C=O) groups excluding carboxylic acids is 1. The van der Waals surface area contributed by atoms with Gasteiger partial charge in [0.25, 0.3) is 5.91 Å². The number of aliphatic hydroxyl groups is 1. The Morgan fingerprint density at radius 2 is 2.00 bits per heavy atom. The number of aliphatic hydroxyl groups excluding tert-OH is 1. The molecule has 0 aliphatic carbocycles. The van der Waals surface area contributed by atoms with Crippen LogP contribution in [-0.4, -0.2) is 38.8 Å². The number of H-pyrrole nitrogens is 1. The first-order valence-corrected chi connectivity index (χ1v) is 7.32. The smallest absolute Gasteiger partial charge is 0.253 e. The van der Waals surface area contributed by atoms with Gasteiger partial charge in [0.1, 0.15) is 12.8 Å². The van der Waals surface area contributed by atoms with Crippen molar-refractivity contribution >= 4 is 29.1 Å². The van der Waals surface area contributed by atoms with Crippen LogP contribution in [0.15, 0.2) is 36.7 Å². The first kappa shape index (κ1) is 16.7. The first-order chi connectivity index (χ1) is 10.5. The number of nitrogens with one attached hydrogen (secondary N) is 2. The van der Waals surface area contributed by atoms with E-state index < -0.39 is 29.6 Å². The number of amides is 1. The van der Waals surface area contributed by atoms with Gasteiger partial charge >= 0.3 is 0 Å². The van der Waals surface area contributed by atoms with Crippen LogP contribution in [0.4, 0.5) is 4.39 Å². The Kier molecular flexibility index (Phi) is 5.76. The largest absolute Gasteiger partial charge is 0.386 e. The van der Waals surface area contributed by atoms with Crippen LogP contribution in [0.2, 0.25) is 0 Å². The lowest BCUT2D eigenvalue weighted by molar-refractivity contribution is -0.121. The van der Waals surface area contributed by atoms with E-state index in [4.69, 9.17) is 23.2 Å². The molecule has 1 heterocycles. The quantitative estimate of drug-likeness (QED) is 0.703. The zero-order valence-corrected chi connectivity index (χ0v) is 12.9. The number of hydrogen-bond donors (Lipinski definition) is 3. The van der Waals surface area contributed by atoms with Gasteiger partial charge in [-0.15, -0.1) is 0 Å². The fourth-order valence-corrected chi connectivity index (χ4v) is 2.09. The summed E-state index contributed by atoms with van der Waals surface area (Å²) in [5.41, 5.74) is 2.26. The average molecular weight is 346 g/mol. The van der Waals surface area contributed by atoms with Crippen LogP contribution in [-0.2, 0) is 4.79 Å². The van der Waals surface area contributed by atoms with Crippen molar-refractivity contribution in [3.63, 3.8) is 0 Å². The van der Waals surface area contributed by atoms with Gasteiger partial charge in [-0.25, -0.2) is 4.39 Å². The summed E-state index contributed by atoms with van der Waals surface area (Å²) in [5.74, 6) is -0.750. The highest BCUT2D eigenvalue weighted by Crippen LogP contribution is 2.23. The topological polar surface area (TPSA) is 78.0 Å². The molecule has 0 bridgehead atoms. The molecule has 0 fully saturated rings. The number of aromatic amines is 1. The van der Waals surface area contributed by atoms with Crippen LogP contribution in [0.3, 0.4) is 0 Å². The molecule has 3 N–H and O–H groups in total. The summed E-state index contributed by atoms with van der Waals surface area (Å²) in [6.07, 6.45) is 2.19. The maximum absolute atomic E-state index is 13.0. The van der Waals surface area contributed by atoms with Gasteiger partial charge in [0.05, 0.1) is 12.2 Å². The fourth-order valence-electron chi connectivity index (χ4n) is 1.96. The maximum Gasteiger partial charge on any atom is 0.253 e. The van der Waals surface area contributed by atoms with E-state index in [2.05, 4.69) is 15.5 Å². The molecular formula is C14H14Cl2FN3O2. The van der Waals surface area contributed by atoms with Crippen LogP contribution in [0.25, 0.3) is 11.1 Å². The predicted molar refractivity (Wildman–Crippen MR) is 82.4 cm³/mol. The summed E-state index contributed by atoms with van der Waals surface area (Å²) in [7, 11) is 0. The number of alkyl halides is 3. The van der Waals surface area contributed by atoms with Crippen LogP contribution in [0, 0.1) is 0 Å². The molecule has 2 atom stereocenters. The average Bonchev–Trinajstić information content (AvgIpc) is 3.06. The fraction of sp³-hybridized carbons (Fsp3) is 0.286. The van der Waals surface area contributed by atoms with Gasteiger partial charge in [0, 0.05) is 11.8 Å². The molecule has 2 rings (SSSR count). The lowest BCUT2D eigenvalue weighted by Crippen LogP contribution is -2.43. The Bertz CT molecular complexity index is 605. The molecule has 8 heteroatoms. The Balaban J connectivity index is 2.10. The summed E-state index contributed by atoms with van der Waals surface area (Å²) < 4.78 is 13.0. The van der Waals surface area contributed by atoms with E-state index in [0.717, 1.165) is 11.1 Å². The summed E-state index contributed by atoms with van der Waals surface area (Å²) in [4.78, 5) is 10.1. The molecule has 0 saturated heterocycles. The summed E-state index contributed by atoms with van der Waals surface area (Å²) in [6.45, 7) is -0.948. The van der Waals surface area contributed by atoms with E-state index in [1.807, 2.05) is 0 Å². The Labute approximate surface area is 136 Å². The second-order valence-corrected chi connectivity index (χ2v) is 5.72. The van der Waals surface area contributed by atoms with E-state index >= 15 is 0 Å². The Hall–Kier alpha value is -1.63. The second-order valence-electron chi connectivity index (χ2n) is 4.62. The van der Waals surface area contributed by atoms with Crippen molar-refractivity contribution in [2.24, 2.45) is 0 Å². The molecule has 1 amide bonds. The molecule has 22 heavy (non-hydrogen) atoms. The minimum absolute atomic E-state index is 0.468. The molecule has 0 aliphatic heterocycles. The molecule has 0 unspecified atom stereocenters. The van der Waals surface area contributed by atoms with Crippen molar-refractivity contribution in [1.82, 2.24) is 15.5 Å². The van der Waals surface area contributed by atoms with Crippen molar-refractivity contribution in [1.29, 1.82) is 0 Å². The number of halogens is 3. The highest BCUT2D eigenvalue weighted by molar-refractivity contribution is 6.53. The highest BCUT2D eigenvalue weighted by Gasteiger charge is 2.25. The molecule has 0 radical (unpaired) electrons. The second kappa shape index (κ2) is 7.58. The number of rotatable bonds is 6. The zero-order chi connectivity index (χ0) is 16.1. The van der Waals surface area contributed by atoms with Gasteiger partial charge in [0.2, 0.25) is 0 Å². The van der Waals surface area contributed by atoms with Gasteiger partial charge in [0.15, 0.2) is 4.84 Å². The lowest BCUT2D eigenvalue weighted by Gasteiger charge is -2.22. The van der Waals surface area contributed by atoms with Crippen molar-refractivity contribution < 1.29 is 14.3 Å². The van der Waals surface area contributed by atoms with Crippen molar-refractivity contribution in [3.8, 4) is 11.1 Å².